The van der Waals surface area contributed by atoms with Gasteiger partial charge in [-0.2, -0.15) is 0 Å². The molecule has 7 bridgehead atoms. The first-order valence-corrected chi connectivity index (χ1v) is 12.1. The molecule has 1 spiro atoms. The van der Waals surface area contributed by atoms with Crippen LogP contribution in [0.3, 0.4) is 0 Å². The van der Waals surface area contributed by atoms with Gasteiger partial charge in [0.1, 0.15) is 5.78 Å². The number of carbonyl (C=O) groups is 1. The molecule has 7 nitrogen and oxygen atoms in total. The second-order valence-electron chi connectivity index (χ2n) is 11.4. The van der Waals surface area contributed by atoms with Crippen molar-refractivity contribution in [1.82, 2.24) is 4.90 Å². The van der Waals surface area contributed by atoms with Crippen molar-refractivity contribution in [2.45, 2.75) is 62.6 Å². The number of fused-ring (bicyclic) bond motifs is 2. The zero-order valence-electron chi connectivity index (χ0n) is 19.1. The highest BCUT2D eigenvalue weighted by Gasteiger charge is 2.86. The number of Topliss-reactive ketones (excluding diaryl/α,β-unsaturated/α-hetero) is 1. The Bertz CT molecular complexity index is 792. The Morgan fingerprint density at radius 3 is 2.61 bits per heavy atom. The highest BCUT2D eigenvalue weighted by atomic mass is 16.5. The molecule has 0 aromatic rings. The van der Waals surface area contributed by atoms with E-state index in [9.17, 15) is 15.0 Å². The zero-order valence-corrected chi connectivity index (χ0v) is 19.1. The molecule has 1 heterocycles. The maximum Gasteiger partial charge on any atom is 0.141 e. The largest absolute Gasteiger partial charge is 0.392 e. The molecule has 6 rings (SSSR count). The summed E-state index contributed by atoms with van der Waals surface area (Å²) in [6.45, 7) is 4.47. The highest BCUT2D eigenvalue weighted by Crippen LogP contribution is 2.78. The quantitative estimate of drug-likeness (QED) is 0.658. The smallest absolute Gasteiger partial charge is 0.141 e. The molecule has 12 atom stereocenters. The predicted octanol–water partition coefficient (Wildman–Crippen LogP) is 0.710. The van der Waals surface area contributed by atoms with Gasteiger partial charge in [0.25, 0.3) is 0 Å². The van der Waals surface area contributed by atoms with E-state index in [-0.39, 0.29) is 53.3 Å². The molecule has 6 fully saturated rings. The fraction of sp³-hybridized carbons (Fsp3) is 0.958. The van der Waals surface area contributed by atoms with Gasteiger partial charge in [-0.15, -0.1) is 0 Å². The molecule has 1 saturated heterocycles. The first-order chi connectivity index (χ1) is 14.9. The molecular weight excluding hydrogens is 398 g/mol. The molecular formula is C24H37NO6. The van der Waals surface area contributed by atoms with Crippen LogP contribution in [0.25, 0.3) is 0 Å². The summed E-state index contributed by atoms with van der Waals surface area (Å²) in [5.74, 6) is -0.198. The summed E-state index contributed by atoms with van der Waals surface area (Å²) in [4.78, 5) is 16.6. The summed E-state index contributed by atoms with van der Waals surface area (Å²) in [6, 6.07) is -0.0435. The van der Waals surface area contributed by atoms with Gasteiger partial charge >= 0.3 is 0 Å². The number of aliphatic hydroxyl groups excluding tert-OH is 1. The van der Waals surface area contributed by atoms with Crippen LogP contribution in [0.5, 0.6) is 0 Å². The molecule has 174 valence electrons. The Kier molecular flexibility index (Phi) is 4.41. The minimum atomic E-state index is -1.09. The average molecular weight is 436 g/mol. The molecule has 7 heteroatoms. The van der Waals surface area contributed by atoms with Crippen molar-refractivity contribution >= 4 is 5.78 Å². The van der Waals surface area contributed by atoms with Gasteiger partial charge in [-0.25, -0.2) is 0 Å². The molecule has 0 radical (unpaired) electrons. The lowest BCUT2D eigenvalue weighted by Gasteiger charge is -2.66. The third-order valence-corrected chi connectivity index (χ3v) is 10.9. The maximum atomic E-state index is 14.1. The van der Waals surface area contributed by atoms with Crippen LogP contribution in [0.2, 0.25) is 0 Å². The second kappa shape index (κ2) is 6.51. The van der Waals surface area contributed by atoms with Crippen LogP contribution in [0, 0.1) is 40.4 Å². The fourth-order valence-corrected chi connectivity index (χ4v) is 10.4. The molecule has 31 heavy (non-hydrogen) atoms. The molecule has 0 aromatic heterocycles. The van der Waals surface area contributed by atoms with Crippen LogP contribution in [0.4, 0.5) is 0 Å². The van der Waals surface area contributed by atoms with Gasteiger partial charge in [0.15, 0.2) is 0 Å². The molecule has 6 aliphatic rings. The monoisotopic (exact) mass is 435 g/mol. The minimum absolute atomic E-state index is 0.0163. The summed E-state index contributed by atoms with van der Waals surface area (Å²) in [7, 11) is 5.17. The summed E-state index contributed by atoms with van der Waals surface area (Å²) in [5, 5.41) is 23.8. The number of rotatable bonds is 5. The van der Waals surface area contributed by atoms with Crippen LogP contribution in [0.15, 0.2) is 0 Å². The standard InChI is InChI=1S/C24H37NO6/c1-5-25-10-22(11-29-2)7-6-15(26)24-13-8-12-14(30-3)9-23(28,16(13)18(12)27)17(21(24)25)19(31-4)20(22)24/h12-14,16-21,27-28H,5-11H2,1-4H3/t12-,13?,14?,16-,17+,18?,19?,20-,21+,22+,23-,24?/m1/s1. The third-order valence-electron chi connectivity index (χ3n) is 10.9. The number of carbonyl (C=O) groups excluding carboxylic acids is 1. The topological polar surface area (TPSA) is 88.5 Å². The van der Waals surface area contributed by atoms with Crippen molar-refractivity contribution in [3.8, 4) is 0 Å². The van der Waals surface area contributed by atoms with E-state index in [1.54, 1.807) is 21.3 Å². The van der Waals surface area contributed by atoms with Crippen molar-refractivity contribution < 1.29 is 29.2 Å². The lowest BCUT2D eigenvalue weighted by molar-refractivity contribution is -0.240. The summed E-state index contributed by atoms with van der Waals surface area (Å²) in [5.41, 5.74) is -1.84. The van der Waals surface area contributed by atoms with E-state index in [1.807, 2.05) is 0 Å². The predicted molar refractivity (Wildman–Crippen MR) is 111 cm³/mol. The number of hydrogen-bond donors (Lipinski definition) is 2. The van der Waals surface area contributed by atoms with Gasteiger partial charge in [0.05, 0.1) is 35.9 Å². The number of methoxy groups -OCH3 is 3. The molecule has 1 aliphatic heterocycles. The van der Waals surface area contributed by atoms with Gasteiger partial charge in [0, 0.05) is 75.8 Å². The second-order valence-corrected chi connectivity index (χ2v) is 11.4. The Balaban J connectivity index is 1.63. The van der Waals surface area contributed by atoms with Crippen molar-refractivity contribution in [3.63, 3.8) is 0 Å². The lowest BCUT2D eigenvalue weighted by atomic mass is 9.44. The molecule has 5 unspecified atom stereocenters. The molecule has 0 amide bonds. The van der Waals surface area contributed by atoms with Crippen LogP contribution < -0.4 is 0 Å². The van der Waals surface area contributed by atoms with Gasteiger partial charge in [-0.3, -0.25) is 9.69 Å². The van der Waals surface area contributed by atoms with E-state index in [2.05, 4.69) is 11.8 Å². The van der Waals surface area contributed by atoms with E-state index >= 15 is 0 Å². The highest BCUT2D eigenvalue weighted by molar-refractivity contribution is 5.89. The average Bonchev–Trinajstić information content (AvgIpc) is 3.16. The SMILES string of the molecule is CCN1C[C@]2(COC)CCC(=O)C34C5C[C@@H]6C(OC)C[C@@](O)([C@H]5C6O)[C@@H](C(OC)[C@@H]32)[C@H]14. The van der Waals surface area contributed by atoms with Crippen molar-refractivity contribution in [3.05, 3.63) is 0 Å². The van der Waals surface area contributed by atoms with Gasteiger partial charge in [0.2, 0.25) is 0 Å². The van der Waals surface area contributed by atoms with E-state index in [4.69, 9.17) is 14.2 Å². The number of ether oxygens (including phenoxy) is 3. The summed E-state index contributed by atoms with van der Waals surface area (Å²) >= 11 is 0. The van der Waals surface area contributed by atoms with E-state index in [0.717, 1.165) is 25.9 Å². The Labute approximate surface area is 184 Å². The number of nitrogens with zero attached hydrogens (tertiary/aromatic N) is 1. The van der Waals surface area contributed by atoms with Crippen LogP contribution in [-0.2, 0) is 19.0 Å². The number of aliphatic hydroxyl groups is 2. The molecule has 5 saturated carbocycles. The van der Waals surface area contributed by atoms with Crippen LogP contribution in [0.1, 0.15) is 32.6 Å². The van der Waals surface area contributed by atoms with E-state index < -0.39 is 17.1 Å². The summed E-state index contributed by atoms with van der Waals surface area (Å²) < 4.78 is 17.9. The molecule has 0 aromatic carbocycles. The number of hydrogen-bond acceptors (Lipinski definition) is 7. The minimum Gasteiger partial charge on any atom is -0.392 e. The molecule has 5 aliphatic carbocycles. The Morgan fingerprint density at radius 2 is 1.97 bits per heavy atom. The third kappa shape index (κ3) is 2.07. The number of piperidine rings is 1. The number of ketones is 1. The van der Waals surface area contributed by atoms with Crippen LogP contribution >= 0.6 is 0 Å². The van der Waals surface area contributed by atoms with Gasteiger partial charge in [-0.1, -0.05) is 6.92 Å². The number of likely N-dealkylation sites (tertiary alicyclic amines) is 1. The Morgan fingerprint density at radius 1 is 1.19 bits per heavy atom. The zero-order chi connectivity index (χ0) is 21.9. The van der Waals surface area contributed by atoms with Gasteiger partial charge in [-0.05, 0) is 25.3 Å². The maximum absolute atomic E-state index is 14.1. The lowest BCUT2D eigenvalue weighted by Crippen LogP contribution is -2.75. The van der Waals surface area contributed by atoms with E-state index in [0.29, 0.717) is 25.2 Å². The van der Waals surface area contributed by atoms with E-state index in [1.165, 1.54) is 0 Å². The van der Waals surface area contributed by atoms with Gasteiger partial charge < -0.3 is 24.4 Å². The molecule has 2 N–H and O–H groups in total. The van der Waals surface area contributed by atoms with Crippen molar-refractivity contribution in [1.29, 1.82) is 0 Å². The Hall–Kier alpha value is -0.570. The first-order valence-electron chi connectivity index (χ1n) is 12.1. The van der Waals surface area contributed by atoms with Crippen molar-refractivity contribution in [2.75, 3.05) is 41.0 Å². The first kappa shape index (κ1) is 21.0. The summed E-state index contributed by atoms with van der Waals surface area (Å²) in [6.07, 6.45) is 1.59. The van der Waals surface area contributed by atoms with Crippen LogP contribution in [-0.4, -0.2) is 91.9 Å². The normalized spacial score (nSPS) is 59.3. The fourth-order valence-electron chi connectivity index (χ4n) is 10.4. The van der Waals surface area contributed by atoms with Crippen molar-refractivity contribution in [2.24, 2.45) is 40.4 Å².